The normalized spacial score (nSPS) is 47.3. The van der Waals surface area contributed by atoms with E-state index < -0.39 is 0 Å². The maximum atomic E-state index is 2.88. The van der Waals surface area contributed by atoms with Crippen LogP contribution in [0.3, 0.4) is 0 Å². The molecule has 0 aliphatic carbocycles. The molecule has 0 bridgehead atoms. The highest BCUT2D eigenvalue weighted by Crippen LogP contribution is 2.44. The monoisotopic (exact) mass is 234 g/mol. The van der Waals surface area contributed by atoms with Crippen molar-refractivity contribution in [2.75, 3.05) is 26.2 Å². The highest BCUT2D eigenvalue weighted by atomic mass is 15.3. The highest BCUT2D eigenvalue weighted by molar-refractivity contribution is 5.03. The molecule has 0 aromatic heterocycles. The first-order chi connectivity index (χ1) is 8.43. The lowest BCUT2D eigenvalue weighted by atomic mass is 9.68. The van der Waals surface area contributed by atoms with Gasteiger partial charge in [0.1, 0.15) is 0 Å². The van der Waals surface area contributed by atoms with Crippen LogP contribution < -0.4 is 0 Å². The molecule has 4 rings (SSSR count). The Morgan fingerprint density at radius 2 is 1.53 bits per heavy atom. The summed E-state index contributed by atoms with van der Waals surface area (Å²) in [5, 5.41) is 0. The smallest absolute Gasteiger partial charge is 0.0179 e. The van der Waals surface area contributed by atoms with Crippen LogP contribution in [0.15, 0.2) is 0 Å². The fourth-order valence-electron chi connectivity index (χ4n) is 5.41. The third kappa shape index (κ3) is 1.67. The Bertz CT molecular complexity index is 289. The molecule has 17 heavy (non-hydrogen) atoms. The van der Waals surface area contributed by atoms with Gasteiger partial charge in [0.2, 0.25) is 0 Å². The zero-order valence-corrected chi connectivity index (χ0v) is 11.0. The molecule has 0 amide bonds. The van der Waals surface area contributed by atoms with Gasteiger partial charge in [0, 0.05) is 18.6 Å². The molecule has 0 spiro atoms. The van der Waals surface area contributed by atoms with Gasteiger partial charge in [-0.1, -0.05) is 6.42 Å². The Morgan fingerprint density at radius 1 is 0.706 bits per heavy atom. The summed E-state index contributed by atoms with van der Waals surface area (Å²) in [5.41, 5.74) is 0. The second-order valence-corrected chi connectivity index (χ2v) is 6.79. The van der Waals surface area contributed by atoms with Crippen LogP contribution in [0.1, 0.15) is 44.9 Å². The summed E-state index contributed by atoms with van der Waals surface area (Å²) < 4.78 is 0. The van der Waals surface area contributed by atoms with Crippen molar-refractivity contribution in [2.24, 2.45) is 11.8 Å². The van der Waals surface area contributed by atoms with E-state index in [0.29, 0.717) is 0 Å². The average molecular weight is 234 g/mol. The number of hydrogen-bond acceptors (Lipinski definition) is 2. The van der Waals surface area contributed by atoms with Gasteiger partial charge in [0.05, 0.1) is 0 Å². The Balaban J connectivity index is 1.63. The Labute approximate surface area is 105 Å². The highest BCUT2D eigenvalue weighted by Gasteiger charge is 2.48. The molecule has 4 fully saturated rings. The van der Waals surface area contributed by atoms with Crippen molar-refractivity contribution >= 4 is 0 Å². The van der Waals surface area contributed by atoms with Gasteiger partial charge in [-0.15, -0.1) is 0 Å². The van der Waals surface area contributed by atoms with Crippen LogP contribution in [0.25, 0.3) is 0 Å². The van der Waals surface area contributed by atoms with Crippen LogP contribution in [0.4, 0.5) is 0 Å². The van der Waals surface area contributed by atoms with Gasteiger partial charge < -0.3 is 0 Å². The standard InChI is InChI=1S/C15H26N2/c1-2-8-17-11-12-5-3-9-16-10-4-6-13(15(12)16)14(17)7-1/h12-15H,1-11H2/t12-,13-,14?,15?/m1/s1. The van der Waals surface area contributed by atoms with E-state index in [1.54, 1.807) is 0 Å². The number of fused-ring (bicyclic) bond motifs is 2. The van der Waals surface area contributed by atoms with E-state index in [-0.39, 0.29) is 0 Å². The fraction of sp³-hybridized carbons (Fsp3) is 1.00. The maximum absolute atomic E-state index is 2.88. The molecule has 4 heterocycles. The van der Waals surface area contributed by atoms with Crippen molar-refractivity contribution in [3.05, 3.63) is 0 Å². The molecule has 4 atom stereocenters. The van der Waals surface area contributed by atoms with Crippen molar-refractivity contribution in [3.63, 3.8) is 0 Å². The van der Waals surface area contributed by atoms with Crippen molar-refractivity contribution < 1.29 is 0 Å². The molecule has 4 aliphatic rings. The van der Waals surface area contributed by atoms with Gasteiger partial charge in [-0.25, -0.2) is 0 Å². The predicted octanol–water partition coefficient (Wildman–Crippen LogP) is 2.35. The predicted molar refractivity (Wildman–Crippen MR) is 70.0 cm³/mol. The molecule has 0 radical (unpaired) electrons. The maximum Gasteiger partial charge on any atom is 0.0179 e. The number of hydrogen-bond donors (Lipinski definition) is 0. The van der Waals surface area contributed by atoms with Crippen molar-refractivity contribution in [2.45, 2.75) is 57.0 Å². The summed E-state index contributed by atoms with van der Waals surface area (Å²) in [6.45, 7) is 5.65. The zero-order valence-electron chi connectivity index (χ0n) is 11.0. The first kappa shape index (κ1) is 10.8. The van der Waals surface area contributed by atoms with E-state index in [9.17, 15) is 0 Å². The summed E-state index contributed by atoms with van der Waals surface area (Å²) in [5.74, 6) is 2.05. The second-order valence-electron chi connectivity index (χ2n) is 6.79. The minimum Gasteiger partial charge on any atom is -0.300 e. The van der Waals surface area contributed by atoms with Crippen LogP contribution in [-0.4, -0.2) is 48.1 Å². The van der Waals surface area contributed by atoms with Gasteiger partial charge in [0.15, 0.2) is 0 Å². The van der Waals surface area contributed by atoms with Crippen molar-refractivity contribution in [3.8, 4) is 0 Å². The van der Waals surface area contributed by atoms with Gasteiger partial charge >= 0.3 is 0 Å². The molecule has 2 heteroatoms. The van der Waals surface area contributed by atoms with E-state index in [4.69, 9.17) is 0 Å². The van der Waals surface area contributed by atoms with Gasteiger partial charge in [-0.2, -0.15) is 0 Å². The van der Waals surface area contributed by atoms with Gasteiger partial charge in [0.25, 0.3) is 0 Å². The van der Waals surface area contributed by atoms with Crippen LogP contribution in [0, 0.1) is 11.8 Å². The minimum atomic E-state index is 0.964. The molecule has 0 aromatic carbocycles. The zero-order chi connectivity index (χ0) is 11.2. The fourth-order valence-corrected chi connectivity index (χ4v) is 5.41. The largest absolute Gasteiger partial charge is 0.300 e. The molecule has 4 saturated heterocycles. The lowest BCUT2D eigenvalue weighted by Crippen LogP contribution is -2.65. The minimum absolute atomic E-state index is 0.964. The Hall–Kier alpha value is -0.0800. The number of rotatable bonds is 0. The third-order valence-corrected chi connectivity index (χ3v) is 5.97. The van der Waals surface area contributed by atoms with Gasteiger partial charge in [-0.3, -0.25) is 9.80 Å². The summed E-state index contributed by atoms with van der Waals surface area (Å²) in [6.07, 6.45) is 10.4. The molecular formula is C15H26N2. The van der Waals surface area contributed by atoms with E-state index in [1.165, 1.54) is 71.1 Å². The van der Waals surface area contributed by atoms with Crippen LogP contribution in [-0.2, 0) is 0 Å². The van der Waals surface area contributed by atoms with Gasteiger partial charge in [-0.05, 0) is 70.0 Å². The quantitative estimate of drug-likeness (QED) is 0.635. The van der Waals surface area contributed by atoms with Crippen LogP contribution in [0.2, 0.25) is 0 Å². The van der Waals surface area contributed by atoms with Crippen molar-refractivity contribution in [1.82, 2.24) is 9.80 Å². The number of nitrogens with zero attached hydrogens (tertiary/aromatic N) is 2. The molecule has 4 aliphatic heterocycles. The van der Waals surface area contributed by atoms with Crippen molar-refractivity contribution in [1.29, 1.82) is 0 Å². The van der Waals surface area contributed by atoms with Crippen LogP contribution in [0.5, 0.6) is 0 Å². The Morgan fingerprint density at radius 3 is 2.47 bits per heavy atom. The summed E-state index contributed by atoms with van der Waals surface area (Å²) in [4.78, 5) is 5.75. The SMILES string of the molecule is C1CCN2C[C@H]3CCCN4CCC[C@H](C2C1)C34. The first-order valence-corrected chi connectivity index (χ1v) is 7.91. The molecule has 96 valence electrons. The first-order valence-electron chi connectivity index (χ1n) is 7.91. The molecule has 0 aromatic rings. The number of piperidine rings is 4. The lowest BCUT2D eigenvalue weighted by molar-refractivity contribution is -0.0859. The summed E-state index contributed by atoms with van der Waals surface area (Å²) in [6, 6.07) is 1.95. The summed E-state index contributed by atoms with van der Waals surface area (Å²) in [7, 11) is 0. The van der Waals surface area contributed by atoms with E-state index in [1.807, 2.05) is 0 Å². The van der Waals surface area contributed by atoms with E-state index in [2.05, 4.69) is 9.80 Å². The Kier molecular flexibility index (Phi) is 2.69. The van der Waals surface area contributed by atoms with E-state index >= 15 is 0 Å². The summed E-state index contributed by atoms with van der Waals surface area (Å²) >= 11 is 0. The second kappa shape index (κ2) is 4.24. The van der Waals surface area contributed by atoms with E-state index in [0.717, 1.165) is 23.9 Å². The third-order valence-electron chi connectivity index (χ3n) is 5.97. The lowest BCUT2D eigenvalue weighted by Gasteiger charge is -2.58. The molecule has 0 N–H and O–H groups in total. The molecule has 0 saturated carbocycles. The average Bonchev–Trinajstić information content (AvgIpc) is 2.39. The topological polar surface area (TPSA) is 6.48 Å². The molecule has 2 nitrogen and oxygen atoms in total. The molecule has 2 unspecified atom stereocenters. The van der Waals surface area contributed by atoms with Crippen LogP contribution >= 0.6 is 0 Å². The molecular weight excluding hydrogens is 208 g/mol.